The van der Waals surface area contributed by atoms with Gasteiger partial charge in [-0.25, -0.2) is 0 Å². The van der Waals surface area contributed by atoms with Crippen molar-refractivity contribution in [3.63, 3.8) is 0 Å². The van der Waals surface area contributed by atoms with Crippen LogP contribution in [0.5, 0.6) is 0 Å². The van der Waals surface area contributed by atoms with E-state index in [0.717, 1.165) is 25.9 Å². The number of fused-ring (bicyclic) bond motifs is 1. The summed E-state index contributed by atoms with van der Waals surface area (Å²) < 4.78 is 0. The highest BCUT2D eigenvalue weighted by Gasteiger charge is 2.37. The van der Waals surface area contributed by atoms with E-state index in [0.29, 0.717) is 12.1 Å². The van der Waals surface area contributed by atoms with Gasteiger partial charge in [0, 0.05) is 25.2 Å². The molecule has 2 fully saturated rings. The van der Waals surface area contributed by atoms with Crippen molar-refractivity contribution in [1.29, 1.82) is 0 Å². The van der Waals surface area contributed by atoms with E-state index in [1.807, 2.05) is 4.90 Å². The molecule has 4 heteroatoms. The first-order valence-corrected chi connectivity index (χ1v) is 6.93. The summed E-state index contributed by atoms with van der Waals surface area (Å²) in [6.45, 7) is 7.33. The van der Waals surface area contributed by atoms with Gasteiger partial charge < -0.3 is 10.6 Å². The normalized spacial score (nSPS) is 31.4. The molecule has 4 nitrogen and oxygen atoms in total. The van der Waals surface area contributed by atoms with Crippen molar-refractivity contribution in [3.05, 3.63) is 0 Å². The van der Waals surface area contributed by atoms with E-state index >= 15 is 0 Å². The van der Waals surface area contributed by atoms with Crippen LogP contribution in [-0.4, -0.2) is 53.5 Å². The molecule has 0 aromatic rings. The van der Waals surface area contributed by atoms with Gasteiger partial charge in [0.05, 0.1) is 6.04 Å². The van der Waals surface area contributed by atoms with Crippen molar-refractivity contribution in [2.45, 2.75) is 57.7 Å². The minimum atomic E-state index is -0.296. The molecular formula is C13H25N3O. The number of carbonyl (C=O) groups excluding carboxylic acids is 1. The largest absolute Gasteiger partial charge is 0.336 e. The molecule has 0 spiro atoms. The van der Waals surface area contributed by atoms with Crippen LogP contribution in [0.3, 0.4) is 0 Å². The molecule has 2 saturated heterocycles. The van der Waals surface area contributed by atoms with E-state index < -0.39 is 0 Å². The van der Waals surface area contributed by atoms with Gasteiger partial charge in [-0.3, -0.25) is 9.69 Å². The molecule has 0 saturated carbocycles. The monoisotopic (exact) mass is 239 g/mol. The first-order chi connectivity index (χ1) is 8.13. The zero-order valence-electron chi connectivity index (χ0n) is 11.1. The zero-order chi connectivity index (χ0) is 12.4. The molecule has 2 heterocycles. The van der Waals surface area contributed by atoms with Crippen LogP contribution in [0.1, 0.15) is 39.5 Å². The Labute approximate surface area is 104 Å². The summed E-state index contributed by atoms with van der Waals surface area (Å²) in [5, 5.41) is 0. The standard InChI is InChI=1S/C13H25N3O/c1-3-5-12(14)13(17)16-9-11-6-4-7-15(11)8-10(16)2/h10-12H,3-9,14H2,1-2H3/t10?,11?,12-/m0/s1. The van der Waals surface area contributed by atoms with E-state index in [4.69, 9.17) is 5.73 Å². The van der Waals surface area contributed by atoms with E-state index in [1.165, 1.54) is 19.4 Å². The number of amides is 1. The fraction of sp³-hybridized carbons (Fsp3) is 0.923. The number of nitrogens with two attached hydrogens (primary N) is 1. The first-order valence-electron chi connectivity index (χ1n) is 6.93. The van der Waals surface area contributed by atoms with Crippen molar-refractivity contribution >= 4 is 5.91 Å². The molecule has 3 atom stereocenters. The third kappa shape index (κ3) is 2.63. The van der Waals surface area contributed by atoms with E-state index in [2.05, 4.69) is 18.7 Å². The number of hydrogen-bond donors (Lipinski definition) is 1. The number of rotatable bonds is 3. The number of hydrogen-bond acceptors (Lipinski definition) is 3. The van der Waals surface area contributed by atoms with Gasteiger partial charge in [-0.15, -0.1) is 0 Å². The van der Waals surface area contributed by atoms with E-state index in [-0.39, 0.29) is 11.9 Å². The summed E-state index contributed by atoms with van der Waals surface area (Å²) in [4.78, 5) is 16.8. The second-order valence-electron chi connectivity index (χ2n) is 5.53. The first kappa shape index (κ1) is 12.8. The maximum atomic E-state index is 12.3. The fourth-order valence-corrected chi connectivity index (χ4v) is 3.14. The average Bonchev–Trinajstić information content (AvgIpc) is 2.74. The Morgan fingerprint density at radius 3 is 2.94 bits per heavy atom. The Morgan fingerprint density at radius 1 is 1.47 bits per heavy atom. The molecule has 2 N–H and O–H groups in total. The second kappa shape index (κ2) is 5.36. The maximum Gasteiger partial charge on any atom is 0.239 e. The minimum Gasteiger partial charge on any atom is -0.336 e. The smallest absolute Gasteiger partial charge is 0.239 e. The van der Waals surface area contributed by atoms with Crippen LogP contribution in [0.4, 0.5) is 0 Å². The average molecular weight is 239 g/mol. The Hall–Kier alpha value is -0.610. The molecule has 1 amide bonds. The van der Waals surface area contributed by atoms with Crippen molar-refractivity contribution in [3.8, 4) is 0 Å². The molecular weight excluding hydrogens is 214 g/mol. The quantitative estimate of drug-likeness (QED) is 0.793. The number of nitrogens with zero attached hydrogens (tertiary/aromatic N) is 2. The SMILES string of the molecule is CCC[C@H](N)C(=O)N1CC2CCCN2CC1C. The lowest BCUT2D eigenvalue weighted by atomic mass is 10.0. The van der Waals surface area contributed by atoms with Crippen LogP contribution in [-0.2, 0) is 4.79 Å². The van der Waals surface area contributed by atoms with Gasteiger partial charge in [-0.05, 0) is 32.7 Å². The van der Waals surface area contributed by atoms with Crippen LogP contribution in [0.25, 0.3) is 0 Å². The van der Waals surface area contributed by atoms with Gasteiger partial charge in [0.2, 0.25) is 5.91 Å². The van der Waals surface area contributed by atoms with Crippen molar-refractivity contribution in [1.82, 2.24) is 9.80 Å². The van der Waals surface area contributed by atoms with Gasteiger partial charge in [-0.2, -0.15) is 0 Å². The van der Waals surface area contributed by atoms with Crippen LogP contribution < -0.4 is 5.73 Å². The lowest BCUT2D eigenvalue weighted by molar-refractivity contribution is -0.138. The van der Waals surface area contributed by atoms with E-state index in [1.54, 1.807) is 0 Å². The van der Waals surface area contributed by atoms with Crippen molar-refractivity contribution in [2.24, 2.45) is 5.73 Å². The molecule has 0 bridgehead atoms. The van der Waals surface area contributed by atoms with Crippen LogP contribution in [0.15, 0.2) is 0 Å². The van der Waals surface area contributed by atoms with Gasteiger partial charge in [0.1, 0.15) is 0 Å². The number of carbonyl (C=O) groups is 1. The molecule has 2 aliphatic rings. The highest BCUT2D eigenvalue weighted by molar-refractivity contribution is 5.82. The maximum absolute atomic E-state index is 12.3. The lowest BCUT2D eigenvalue weighted by Gasteiger charge is -2.43. The van der Waals surface area contributed by atoms with Crippen LogP contribution in [0, 0.1) is 0 Å². The fourth-order valence-electron chi connectivity index (χ4n) is 3.14. The summed E-state index contributed by atoms with van der Waals surface area (Å²) in [6.07, 6.45) is 4.29. The molecule has 0 aromatic heterocycles. The van der Waals surface area contributed by atoms with Crippen LogP contribution >= 0.6 is 0 Å². The highest BCUT2D eigenvalue weighted by Crippen LogP contribution is 2.25. The Kier molecular flexibility index (Phi) is 4.05. The van der Waals surface area contributed by atoms with Gasteiger partial charge in [0.15, 0.2) is 0 Å². The minimum absolute atomic E-state index is 0.158. The molecule has 2 unspecified atom stereocenters. The van der Waals surface area contributed by atoms with Crippen molar-refractivity contribution < 1.29 is 4.79 Å². The third-order valence-corrected chi connectivity index (χ3v) is 4.14. The Balaban J connectivity index is 1.97. The highest BCUT2D eigenvalue weighted by atomic mass is 16.2. The topological polar surface area (TPSA) is 49.6 Å². The Bertz CT molecular complexity index is 282. The molecule has 0 aliphatic carbocycles. The molecule has 2 aliphatic heterocycles. The molecule has 2 rings (SSSR count). The summed E-state index contributed by atoms with van der Waals surface area (Å²) in [6, 6.07) is 0.610. The lowest BCUT2D eigenvalue weighted by Crippen LogP contribution is -2.59. The third-order valence-electron chi connectivity index (χ3n) is 4.14. The summed E-state index contributed by atoms with van der Waals surface area (Å²) in [5.41, 5.74) is 5.95. The van der Waals surface area contributed by atoms with Crippen molar-refractivity contribution in [2.75, 3.05) is 19.6 Å². The van der Waals surface area contributed by atoms with Gasteiger partial charge >= 0.3 is 0 Å². The molecule has 0 aromatic carbocycles. The zero-order valence-corrected chi connectivity index (χ0v) is 11.1. The summed E-state index contributed by atoms with van der Waals surface area (Å²) in [5.74, 6) is 0.158. The van der Waals surface area contributed by atoms with Crippen LogP contribution in [0.2, 0.25) is 0 Å². The molecule has 17 heavy (non-hydrogen) atoms. The molecule has 98 valence electrons. The summed E-state index contributed by atoms with van der Waals surface area (Å²) in [7, 11) is 0. The predicted octanol–water partition coefficient (Wildman–Crippen LogP) is 0.809. The second-order valence-corrected chi connectivity index (χ2v) is 5.53. The van der Waals surface area contributed by atoms with E-state index in [9.17, 15) is 4.79 Å². The molecule has 0 radical (unpaired) electrons. The van der Waals surface area contributed by atoms with Gasteiger partial charge in [-0.1, -0.05) is 13.3 Å². The Morgan fingerprint density at radius 2 is 2.24 bits per heavy atom. The van der Waals surface area contributed by atoms with Gasteiger partial charge in [0.25, 0.3) is 0 Å². The number of piperazine rings is 1. The predicted molar refractivity (Wildman–Crippen MR) is 68.7 cm³/mol. The summed E-state index contributed by atoms with van der Waals surface area (Å²) >= 11 is 0.